The van der Waals surface area contributed by atoms with E-state index in [1.165, 1.54) is 20.3 Å². The van der Waals surface area contributed by atoms with Gasteiger partial charge < -0.3 is 14.6 Å². The molecule has 0 spiro atoms. The van der Waals surface area contributed by atoms with Crippen molar-refractivity contribution in [1.82, 2.24) is 0 Å². The van der Waals surface area contributed by atoms with Crippen molar-refractivity contribution in [2.24, 2.45) is 0 Å². The lowest BCUT2D eigenvalue weighted by Crippen LogP contribution is -2.15. The zero-order chi connectivity index (χ0) is 15.8. The Labute approximate surface area is 123 Å². The lowest BCUT2D eigenvalue weighted by Gasteiger charge is -2.19. The molecule has 0 aromatic heterocycles. The lowest BCUT2D eigenvalue weighted by molar-refractivity contribution is -0.137. The third-order valence-electron chi connectivity index (χ3n) is 3.80. The van der Waals surface area contributed by atoms with E-state index in [1.807, 2.05) is 0 Å². The molecule has 1 aliphatic rings. The third-order valence-corrected chi connectivity index (χ3v) is 4.92. The van der Waals surface area contributed by atoms with Crippen LogP contribution in [-0.4, -0.2) is 40.0 Å². The van der Waals surface area contributed by atoms with Crippen LogP contribution in [0.25, 0.3) is 0 Å². The van der Waals surface area contributed by atoms with Gasteiger partial charge >= 0.3 is 5.97 Å². The Morgan fingerprint density at radius 3 is 2.19 bits per heavy atom. The summed E-state index contributed by atoms with van der Waals surface area (Å²) < 4.78 is 34.0. The SMILES string of the molecule is COc1cc(S(C)(=O)=O)c(OC)cc1C1(CC(=O)O)CC1. The van der Waals surface area contributed by atoms with E-state index in [0.717, 1.165) is 19.1 Å². The predicted molar refractivity (Wildman–Crippen MR) is 75.8 cm³/mol. The van der Waals surface area contributed by atoms with Gasteiger partial charge in [0.1, 0.15) is 16.4 Å². The molecule has 1 saturated carbocycles. The molecule has 21 heavy (non-hydrogen) atoms. The van der Waals surface area contributed by atoms with Gasteiger partial charge in [-0.2, -0.15) is 0 Å². The van der Waals surface area contributed by atoms with Crippen LogP contribution in [0.4, 0.5) is 0 Å². The van der Waals surface area contributed by atoms with E-state index in [9.17, 15) is 13.2 Å². The van der Waals surface area contributed by atoms with Crippen molar-refractivity contribution in [3.8, 4) is 11.5 Å². The zero-order valence-electron chi connectivity index (χ0n) is 12.2. The number of carbonyl (C=O) groups is 1. The second-order valence-corrected chi connectivity index (χ2v) is 7.31. The first-order valence-corrected chi connectivity index (χ1v) is 8.31. The summed E-state index contributed by atoms with van der Waals surface area (Å²) in [6.45, 7) is 0. The molecular weight excluding hydrogens is 296 g/mol. The standard InChI is InChI=1S/C14H18O6S/c1-19-10-7-12(21(3,17)18)11(20-2)6-9(10)14(4-5-14)8-13(15)16/h6-7H,4-5,8H2,1-3H3,(H,15,16). The molecule has 0 radical (unpaired) electrons. The van der Waals surface area contributed by atoms with Crippen molar-refractivity contribution in [3.63, 3.8) is 0 Å². The first kappa shape index (κ1) is 15.6. The van der Waals surface area contributed by atoms with Crippen LogP contribution in [-0.2, 0) is 20.0 Å². The maximum absolute atomic E-state index is 11.8. The lowest BCUT2D eigenvalue weighted by atomic mass is 9.91. The fraction of sp³-hybridized carbons (Fsp3) is 0.500. The average molecular weight is 314 g/mol. The summed E-state index contributed by atoms with van der Waals surface area (Å²) in [6, 6.07) is 3.00. The van der Waals surface area contributed by atoms with Gasteiger partial charge in [-0.05, 0) is 18.9 Å². The number of carboxylic acids is 1. The van der Waals surface area contributed by atoms with Gasteiger partial charge in [-0.3, -0.25) is 4.79 Å². The van der Waals surface area contributed by atoms with Crippen molar-refractivity contribution in [1.29, 1.82) is 0 Å². The highest BCUT2D eigenvalue weighted by Gasteiger charge is 2.48. The molecule has 1 aliphatic carbocycles. The minimum atomic E-state index is -3.46. The van der Waals surface area contributed by atoms with Gasteiger partial charge in [-0.25, -0.2) is 8.42 Å². The van der Waals surface area contributed by atoms with Crippen LogP contribution in [0.1, 0.15) is 24.8 Å². The maximum Gasteiger partial charge on any atom is 0.304 e. The van der Waals surface area contributed by atoms with E-state index in [-0.39, 0.29) is 17.1 Å². The number of methoxy groups -OCH3 is 2. The first-order chi connectivity index (χ1) is 9.73. The van der Waals surface area contributed by atoms with Gasteiger partial charge in [0.25, 0.3) is 0 Å². The number of sulfone groups is 1. The van der Waals surface area contributed by atoms with Crippen molar-refractivity contribution in [2.75, 3.05) is 20.5 Å². The molecule has 6 nitrogen and oxygen atoms in total. The summed E-state index contributed by atoms with van der Waals surface area (Å²) in [4.78, 5) is 11.1. The van der Waals surface area contributed by atoms with Gasteiger partial charge in [-0.15, -0.1) is 0 Å². The normalized spacial score (nSPS) is 16.3. The van der Waals surface area contributed by atoms with E-state index in [4.69, 9.17) is 14.6 Å². The number of hydrogen-bond acceptors (Lipinski definition) is 5. The third kappa shape index (κ3) is 2.97. The van der Waals surface area contributed by atoms with Crippen molar-refractivity contribution >= 4 is 15.8 Å². The Hall–Kier alpha value is -1.76. The molecule has 0 amide bonds. The molecule has 7 heteroatoms. The van der Waals surface area contributed by atoms with Crippen LogP contribution >= 0.6 is 0 Å². The minimum Gasteiger partial charge on any atom is -0.496 e. The van der Waals surface area contributed by atoms with E-state index in [1.54, 1.807) is 6.07 Å². The van der Waals surface area contributed by atoms with Crippen molar-refractivity contribution < 1.29 is 27.8 Å². The highest BCUT2D eigenvalue weighted by molar-refractivity contribution is 7.90. The molecule has 0 aliphatic heterocycles. The Morgan fingerprint density at radius 1 is 1.24 bits per heavy atom. The molecule has 1 aromatic carbocycles. The average Bonchev–Trinajstić information content (AvgIpc) is 3.15. The van der Waals surface area contributed by atoms with E-state index in [2.05, 4.69) is 0 Å². The topological polar surface area (TPSA) is 89.9 Å². The smallest absolute Gasteiger partial charge is 0.304 e. The van der Waals surface area contributed by atoms with Crippen molar-refractivity contribution in [3.05, 3.63) is 17.7 Å². The molecule has 116 valence electrons. The van der Waals surface area contributed by atoms with E-state index < -0.39 is 21.2 Å². The molecule has 0 unspecified atom stereocenters. The number of aliphatic carboxylic acids is 1. The molecule has 2 rings (SSSR count). The van der Waals surface area contributed by atoms with Gasteiger partial charge in [0.05, 0.1) is 20.6 Å². The summed E-state index contributed by atoms with van der Waals surface area (Å²) in [5.74, 6) is -0.291. The molecule has 1 fully saturated rings. The second-order valence-electron chi connectivity index (χ2n) is 5.33. The monoisotopic (exact) mass is 314 g/mol. The number of hydrogen-bond donors (Lipinski definition) is 1. The fourth-order valence-electron chi connectivity index (χ4n) is 2.56. The predicted octanol–water partition coefficient (Wildman–Crippen LogP) is 1.61. The van der Waals surface area contributed by atoms with Crippen LogP contribution < -0.4 is 9.47 Å². The van der Waals surface area contributed by atoms with Crippen molar-refractivity contribution in [2.45, 2.75) is 29.6 Å². The molecule has 0 atom stereocenters. The van der Waals surface area contributed by atoms with Gasteiger partial charge in [0.15, 0.2) is 9.84 Å². The van der Waals surface area contributed by atoms with E-state index >= 15 is 0 Å². The summed E-state index contributed by atoms with van der Waals surface area (Å²) >= 11 is 0. The summed E-state index contributed by atoms with van der Waals surface area (Å²) in [6.07, 6.45) is 2.55. The van der Waals surface area contributed by atoms with Crippen LogP contribution in [0.5, 0.6) is 11.5 Å². The summed E-state index contributed by atoms with van der Waals surface area (Å²) in [7, 11) is -0.640. The van der Waals surface area contributed by atoms with Gasteiger partial charge in [0, 0.05) is 23.3 Å². The van der Waals surface area contributed by atoms with Gasteiger partial charge in [-0.1, -0.05) is 0 Å². The van der Waals surface area contributed by atoms with Crippen LogP contribution in [0.2, 0.25) is 0 Å². The first-order valence-electron chi connectivity index (χ1n) is 6.42. The van der Waals surface area contributed by atoms with Gasteiger partial charge in [0.2, 0.25) is 0 Å². The van der Waals surface area contributed by atoms with Crippen LogP contribution in [0, 0.1) is 0 Å². The number of carboxylic acid groups (broad SMARTS) is 1. The zero-order valence-corrected chi connectivity index (χ0v) is 13.0. The van der Waals surface area contributed by atoms with Crippen LogP contribution in [0.3, 0.4) is 0 Å². The fourth-order valence-corrected chi connectivity index (χ4v) is 3.38. The number of rotatable bonds is 6. The number of benzene rings is 1. The minimum absolute atomic E-state index is 0.00919. The highest BCUT2D eigenvalue weighted by Crippen LogP contribution is 2.55. The second kappa shape index (κ2) is 5.22. The number of ether oxygens (including phenoxy) is 2. The maximum atomic E-state index is 11.8. The summed E-state index contributed by atoms with van der Waals surface area (Å²) in [5, 5.41) is 9.06. The highest BCUT2D eigenvalue weighted by atomic mass is 32.2. The Morgan fingerprint density at radius 2 is 1.81 bits per heavy atom. The molecule has 0 bridgehead atoms. The van der Waals surface area contributed by atoms with Crippen LogP contribution in [0.15, 0.2) is 17.0 Å². The Bertz CT molecular complexity index is 673. The molecule has 0 saturated heterocycles. The molecule has 1 N–H and O–H groups in total. The molecule has 0 heterocycles. The summed E-state index contributed by atoms with van der Waals surface area (Å²) in [5.41, 5.74) is 0.206. The molecule has 1 aromatic rings. The Kier molecular flexibility index (Phi) is 3.88. The Balaban J connectivity index is 2.60. The van der Waals surface area contributed by atoms with E-state index in [0.29, 0.717) is 11.3 Å². The quantitative estimate of drug-likeness (QED) is 0.858. The molecular formula is C14H18O6S. The largest absolute Gasteiger partial charge is 0.496 e.